The number of hydrogen-bond donors (Lipinski definition) is 2. The van der Waals surface area contributed by atoms with Crippen LogP contribution in [0, 0.1) is 23.7 Å². The molecule has 5 rings (SSSR count). The van der Waals surface area contributed by atoms with Gasteiger partial charge >= 0.3 is 18.2 Å². The zero-order valence-electron chi connectivity index (χ0n) is 19.4. The van der Waals surface area contributed by atoms with E-state index in [0.717, 1.165) is 37.5 Å². The normalized spacial score (nSPS) is 28.6. The second-order valence-corrected chi connectivity index (χ2v) is 10.8. The predicted octanol–water partition coefficient (Wildman–Crippen LogP) is 4.55. The third kappa shape index (κ3) is 5.97. The molecular formula is C25H33NO7. The van der Waals surface area contributed by atoms with Crippen molar-refractivity contribution in [1.29, 1.82) is 0 Å². The van der Waals surface area contributed by atoms with Gasteiger partial charge in [-0.05, 0) is 94.2 Å². The van der Waals surface area contributed by atoms with Gasteiger partial charge in [-0.3, -0.25) is 0 Å². The van der Waals surface area contributed by atoms with Crippen molar-refractivity contribution in [3.05, 3.63) is 29.8 Å². The lowest BCUT2D eigenvalue weighted by Gasteiger charge is -2.53. The van der Waals surface area contributed by atoms with Crippen LogP contribution >= 0.6 is 0 Å². The van der Waals surface area contributed by atoms with Gasteiger partial charge in [0.25, 0.3) is 0 Å². The monoisotopic (exact) mass is 459 g/mol. The molecule has 4 saturated carbocycles. The molecule has 0 aliphatic heterocycles. The number of ether oxygens (including phenoxy) is 3. The first-order valence-corrected chi connectivity index (χ1v) is 11.8. The minimum absolute atomic E-state index is 0.0418. The van der Waals surface area contributed by atoms with E-state index in [9.17, 15) is 19.5 Å². The highest BCUT2D eigenvalue weighted by atomic mass is 16.7. The first kappa shape index (κ1) is 23.4. The van der Waals surface area contributed by atoms with E-state index >= 15 is 0 Å². The summed E-state index contributed by atoms with van der Waals surface area (Å²) >= 11 is 0. The number of benzene rings is 1. The van der Waals surface area contributed by atoms with Gasteiger partial charge < -0.3 is 24.6 Å². The second kappa shape index (κ2) is 9.23. The SMILES string of the molecule is CC(C)(C)OC(=O)N[C@@H](Cc1ccc(OC(=O)OC2C3CC4CC(C3)CC2C4)cc1)C(=O)O. The van der Waals surface area contributed by atoms with Crippen molar-refractivity contribution in [2.75, 3.05) is 0 Å². The molecule has 4 fully saturated rings. The molecule has 0 saturated heterocycles. The van der Waals surface area contributed by atoms with Gasteiger partial charge in [0.05, 0.1) is 0 Å². The Balaban J connectivity index is 1.29. The second-order valence-electron chi connectivity index (χ2n) is 10.8. The lowest BCUT2D eigenvalue weighted by molar-refractivity contribution is -0.139. The Morgan fingerprint density at radius 2 is 1.58 bits per heavy atom. The van der Waals surface area contributed by atoms with Crippen LogP contribution in [0.2, 0.25) is 0 Å². The van der Waals surface area contributed by atoms with Gasteiger partial charge in [0.2, 0.25) is 0 Å². The van der Waals surface area contributed by atoms with E-state index in [4.69, 9.17) is 14.2 Å². The summed E-state index contributed by atoms with van der Waals surface area (Å²) in [4.78, 5) is 35.9. The summed E-state index contributed by atoms with van der Waals surface area (Å²) in [5.74, 6) is 1.69. The first-order valence-electron chi connectivity index (χ1n) is 11.8. The quantitative estimate of drug-likeness (QED) is 0.474. The smallest absolute Gasteiger partial charge is 0.480 e. The summed E-state index contributed by atoms with van der Waals surface area (Å²) < 4.78 is 16.3. The minimum atomic E-state index is -1.17. The minimum Gasteiger partial charge on any atom is -0.480 e. The Labute approximate surface area is 194 Å². The van der Waals surface area contributed by atoms with Crippen LogP contribution in [0.4, 0.5) is 9.59 Å². The summed E-state index contributed by atoms with van der Waals surface area (Å²) in [5.41, 5.74) is -0.0579. The summed E-state index contributed by atoms with van der Waals surface area (Å²) in [6, 6.07) is 5.38. The third-order valence-electron chi connectivity index (χ3n) is 6.93. The van der Waals surface area contributed by atoms with Crippen LogP contribution in [0.3, 0.4) is 0 Å². The maximum atomic E-state index is 12.4. The fourth-order valence-electron chi connectivity index (χ4n) is 5.88. The summed E-state index contributed by atoms with van der Waals surface area (Å²) in [5, 5.41) is 11.8. The molecule has 4 bridgehead atoms. The topological polar surface area (TPSA) is 111 Å². The van der Waals surface area contributed by atoms with E-state index in [2.05, 4.69) is 5.32 Å². The van der Waals surface area contributed by atoms with Crippen molar-refractivity contribution in [3.63, 3.8) is 0 Å². The van der Waals surface area contributed by atoms with Crippen molar-refractivity contribution in [3.8, 4) is 5.75 Å². The Morgan fingerprint density at radius 1 is 1.00 bits per heavy atom. The lowest BCUT2D eigenvalue weighted by Crippen LogP contribution is -2.50. The Kier molecular flexibility index (Phi) is 6.54. The molecule has 2 N–H and O–H groups in total. The molecule has 4 aliphatic rings. The molecule has 1 atom stereocenters. The van der Waals surface area contributed by atoms with Crippen LogP contribution in [0.5, 0.6) is 5.75 Å². The van der Waals surface area contributed by atoms with Crippen LogP contribution in [0.1, 0.15) is 58.4 Å². The lowest BCUT2D eigenvalue weighted by atomic mass is 9.55. The standard InChI is InChI=1S/C25H33NO7/c1-25(2,3)33-23(29)26-20(22(27)28)13-14-4-6-19(7-5-14)31-24(30)32-21-17-9-15-8-16(11-17)12-18(21)10-15/h4-7,15-18,20-21H,8-13H2,1-3H3,(H,26,29)(H,27,28)/t15?,16?,17?,18?,20-,21?/m0/s1. The van der Waals surface area contributed by atoms with Crippen molar-refractivity contribution in [2.45, 2.75) is 77.0 Å². The van der Waals surface area contributed by atoms with Crippen LogP contribution in [-0.4, -0.2) is 41.1 Å². The highest BCUT2D eigenvalue weighted by Crippen LogP contribution is 2.54. The molecule has 0 radical (unpaired) electrons. The van der Waals surface area contributed by atoms with E-state index in [0.29, 0.717) is 23.1 Å². The largest absolute Gasteiger partial charge is 0.514 e. The Morgan fingerprint density at radius 3 is 2.09 bits per heavy atom. The molecule has 180 valence electrons. The van der Waals surface area contributed by atoms with Gasteiger partial charge in [0.15, 0.2) is 0 Å². The zero-order valence-corrected chi connectivity index (χ0v) is 19.4. The molecule has 4 aliphatic carbocycles. The number of carbonyl (C=O) groups excluding carboxylic acids is 2. The van der Waals surface area contributed by atoms with Crippen molar-refractivity contribution < 1.29 is 33.7 Å². The Bertz CT molecular complexity index is 861. The maximum absolute atomic E-state index is 12.4. The summed E-state index contributed by atoms with van der Waals surface area (Å²) in [6.45, 7) is 5.11. The van der Waals surface area contributed by atoms with Gasteiger partial charge in [-0.15, -0.1) is 0 Å². The molecule has 8 heteroatoms. The number of carboxylic acid groups (broad SMARTS) is 1. The number of nitrogens with one attached hydrogen (secondary N) is 1. The third-order valence-corrected chi connectivity index (χ3v) is 6.93. The van der Waals surface area contributed by atoms with E-state index in [1.807, 2.05) is 0 Å². The van der Waals surface area contributed by atoms with Crippen LogP contribution in [-0.2, 0) is 20.7 Å². The molecule has 0 heterocycles. The number of amides is 1. The van der Waals surface area contributed by atoms with E-state index in [-0.39, 0.29) is 12.5 Å². The molecule has 0 unspecified atom stereocenters. The van der Waals surface area contributed by atoms with Gasteiger partial charge in [-0.25, -0.2) is 14.4 Å². The summed E-state index contributed by atoms with van der Waals surface area (Å²) in [6.07, 6.45) is 4.50. The highest BCUT2D eigenvalue weighted by Gasteiger charge is 2.50. The number of aliphatic carboxylic acids is 1. The van der Waals surface area contributed by atoms with Crippen molar-refractivity contribution >= 4 is 18.2 Å². The predicted molar refractivity (Wildman–Crippen MR) is 119 cm³/mol. The first-order chi connectivity index (χ1) is 15.6. The summed E-state index contributed by atoms with van der Waals surface area (Å²) in [7, 11) is 0. The number of carbonyl (C=O) groups is 3. The molecule has 1 aromatic rings. The fraction of sp³-hybridized carbons (Fsp3) is 0.640. The van der Waals surface area contributed by atoms with Gasteiger partial charge in [0, 0.05) is 6.42 Å². The molecule has 33 heavy (non-hydrogen) atoms. The Hall–Kier alpha value is -2.77. The fourth-order valence-corrected chi connectivity index (χ4v) is 5.88. The van der Waals surface area contributed by atoms with Crippen LogP contribution in [0.25, 0.3) is 0 Å². The molecular weight excluding hydrogens is 426 g/mol. The van der Waals surface area contributed by atoms with Crippen molar-refractivity contribution in [2.24, 2.45) is 23.7 Å². The van der Waals surface area contributed by atoms with Crippen LogP contribution < -0.4 is 10.1 Å². The van der Waals surface area contributed by atoms with Gasteiger partial charge in [-0.1, -0.05) is 12.1 Å². The van der Waals surface area contributed by atoms with E-state index < -0.39 is 29.9 Å². The molecule has 1 amide bonds. The number of hydrogen-bond acceptors (Lipinski definition) is 6. The molecule has 0 aromatic heterocycles. The average Bonchev–Trinajstić information content (AvgIpc) is 2.69. The number of rotatable bonds is 6. The zero-order chi connectivity index (χ0) is 23.8. The highest BCUT2D eigenvalue weighted by molar-refractivity contribution is 5.80. The number of carboxylic acids is 1. The molecule has 8 nitrogen and oxygen atoms in total. The van der Waals surface area contributed by atoms with E-state index in [1.54, 1.807) is 45.0 Å². The molecule has 1 aromatic carbocycles. The van der Waals surface area contributed by atoms with Crippen molar-refractivity contribution in [1.82, 2.24) is 5.32 Å². The maximum Gasteiger partial charge on any atom is 0.514 e. The van der Waals surface area contributed by atoms with Gasteiger partial charge in [0.1, 0.15) is 23.5 Å². The van der Waals surface area contributed by atoms with Gasteiger partial charge in [-0.2, -0.15) is 0 Å². The average molecular weight is 460 g/mol. The number of alkyl carbamates (subject to hydrolysis) is 1. The molecule has 0 spiro atoms. The van der Waals surface area contributed by atoms with Crippen LogP contribution in [0.15, 0.2) is 24.3 Å². The van der Waals surface area contributed by atoms with E-state index in [1.165, 1.54) is 6.42 Å².